The molecule has 2 aromatic heterocycles. The van der Waals surface area contributed by atoms with E-state index in [1.54, 1.807) is 4.68 Å². The molecule has 4 rings (SSSR count). The van der Waals surface area contributed by atoms with E-state index in [0.29, 0.717) is 17.6 Å². The van der Waals surface area contributed by atoms with Crippen molar-refractivity contribution in [1.29, 1.82) is 0 Å². The monoisotopic (exact) mass is 276 g/mol. The predicted molar refractivity (Wildman–Crippen MR) is 72.0 cm³/mol. The van der Waals surface area contributed by atoms with E-state index < -0.39 is 0 Å². The number of nitrogens with zero attached hydrogens (tertiary/aromatic N) is 5. The smallest absolute Gasteiger partial charge is 0.197 e. The highest BCUT2D eigenvalue weighted by Crippen LogP contribution is 2.46. The van der Waals surface area contributed by atoms with Crippen LogP contribution in [0.4, 0.5) is 5.69 Å². The fraction of sp³-hybridized carbons (Fsp3) is 0.583. The van der Waals surface area contributed by atoms with Crippen LogP contribution in [0.1, 0.15) is 43.5 Å². The van der Waals surface area contributed by atoms with Crippen LogP contribution >= 0.6 is 11.8 Å². The fourth-order valence-electron chi connectivity index (χ4n) is 2.31. The average Bonchev–Trinajstić information content (AvgIpc) is 3.28. The summed E-state index contributed by atoms with van der Waals surface area (Å²) < 4.78 is 4.05. The van der Waals surface area contributed by atoms with E-state index >= 15 is 0 Å². The van der Waals surface area contributed by atoms with Crippen LogP contribution in [0.5, 0.6) is 0 Å². The molecule has 0 spiro atoms. The molecule has 0 amide bonds. The van der Waals surface area contributed by atoms with Gasteiger partial charge in [-0.1, -0.05) is 0 Å². The standard InChI is InChI=1S/C12H16N6S/c1-17-6-9(13)11(16-17)19-12-15-14-10(7-2-3-7)18(12)8-4-5-8/h6-8H,2-5,13H2,1H3. The Labute approximate surface area is 115 Å². The van der Waals surface area contributed by atoms with Gasteiger partial charge in [-0.05, 0) is 37.4 Å². The summed E-state index contributed by atoms with van der Waals surface area (Å²) in [6.45, 7) is 0. The first-order valence-electron chi connectivity index (χ1n) is 6.64. The summed E-state index contributed by atoms with van der Waals surface area (Å²) in [5.74, 6) is 1.79. The van der Waals surface area contributed by atoms with Gasteiger partial charge in [-0.25, -0.2) is 0 Å². The quantitative estimate of drug-likeness (QED) is 0.924. The molecule has 2 aliphatic rings. The number of aryl methyl sites for hydroxylation is 1. The molecule has 0 radical (unpaired) electrons. The van der Waals surface area contributed by atoms with Crippen molar-refractivity contribution in [2.24, 2.45) is 7.05 Å². The molecule has 6 nitrogen and oxygen atoms in total. The van der Waals surface area contributed by atoms with Crippen LogP contribution in [-0.4, -0.2) is 24.5 Å². The van der Waals surface area contributed by atoms with Crippen molar-refractivity contribution in [1.82, 2.24) is 24.5 Å². The zero-order chi connectivity index (χ0) is 13.0. The Balaban J connectivity index is 1.69. The number of nitrogens with two attached hydrogens (primary N) is 1. The minimum atomic E-state index is 0.595. The molecule has 2 aromatic rings. The minimum absolute atomic E-state index is 0.595. The zero-order valence-electron chi connectivity index (χ0n) is 10.8. The summed E-state index contributed by atoms with van der Waals surface area (Å²) in [4.78, 5) is 0. The molecule has 0 bridgehead atoms. The molecule has 2 fully saturated rings. The van der Waals surface area contributed by atoms with E-state index in [-0.39, 0.29) is 0 Å². The zero-order valence-corrected chi connectivity index (χ0v) is 11.6. The van der Waals surface area contributed by atoms with Gasteiger partial charge in [-0.2, -0.15) is 5.10 Å². The summed E-state index contributed by atoms with van der Waals surface area (Å²) in [6.07, 6.45) is 6.80. The van der Waals surface area contributed by atoms with E-state index in [4.69, 9.17) is 5.73 Å². The number of aromatic nitrogens is 5. The molecule has 0 aromatic carbocycles. The van der Waals surface area contributed by atoms with E-state index in [9.17, 15) is 0 Å². The van der Waals surface area contributed by atoms with E-state index in [1.165, 1.54) is 43.3 Å². The molecule has 0 unspecified atom stereocenters. The van der Waals surface area contributed by atoms with Crippen LogP contribution < -0.4 is 5.73 Å². The van der Waals surface area contributed by atoms with Gasteiger partial charge < -0.3 is 10.3 Å². The summed E-state index contributed by atoms with van der Waals surface area (Å²) in [6, 6.07) is 0.595. The Morgan fingerprint density at radius 1 is 1.26 bits per heavy atom. The summed E-state index contributed by atoms with van der Waals surface area (Å²) in [5.41, 5.74) is 6.65. The molecule has 2 heterocycles. The lowest BCUT2D eigenvalue weighted by molar-refractivity contribution is 0.626. The lowest BCUT2D eigenvalue weighted by Gasteiger charge is -2.06. The molecule has 19 heavy (non-hydrogen) atoms. The highest BCUT2D eigenvalue weighted by molar-refractivity contribution is 7.99. The SMILES string of the molecule is Cn1cc(N)c(Sc2nnc(C3CC3)n2C2CC2)n1. The second kappa shape index (κ2) is 4.00. The summed E-state index contributed by atoms with van der Waals surface area (Å²) in [5, 5.41) is 14.9. The third kappa shape index (κ3) is 2.01. The first kappa shape index (κ1) is 11.3. The fourth-order valence-corrected chi connectivity index (χ4v) is 3.24. The Morgan fingerprint density at radius 3 is 2.63 bits per heavy atom. The van der Waals surface area contributed by atoms with Crippen LogP contribution in [0, 0.1) is 0 Å². The molecule has 2 N–H and O–H groups in total. The molecule has 0 saturated heterocycles. The molecule has 0 aliphatic heterocycles. The average molecular weight is 276 g/mol. The van der Waals surface area contributed by atoms with Gasteiger partial charge in [-0.15, -0.1) is 10.2 Å². The highest BCUT2D eigenvalue weighted by Gasteiger charge is 2.36. The second-order valence-electron chi connectivity index (χ2n) is 5.38. The van der Waals surface area contributed by atoms with Crippen molar-refractivity contribution in [3.63, 3.8) is 0 Å². The van der Waals surface area contributed by atoms with Gasteiger partial charge in [0.1, 0.15) is 10.9 Å². The highest BCUT2D eigenvalue weighted by atomic mass is 32.2. The first-order chi connectivity index (χ1) is 9.22. The van der Waals surface area contributed by atoms with Gasteiger partial charge in [0.25, 0.3) is 0 Å². The third-order valence-electron chi connectivity index (χ3n) is 3.55. The van der Waals surface area contributed by atoms with Crippen molar-refractivity contribution in [2.75, 3.05) is 5.73 Å². The second-order valence-corrected chi connectivity index (χ2v) is 6.34. The minimum Gasteiger partial charge on any atom is -0.395 e. The van der Waals surface area contributed by atoms with E-state index in [2.05, 4.69) is 19.9 Å². The maximum Gasteiger partial charge on any atom is 0.197 e. The van der Waals surface area contributed by atoms with Crippen LogP contribution in [0.25, 0.3) is 0 Å². The van der Waals surface area contributed by atoms with Crippen molar-refractivity contribution in [2.45, 2.75) is 47.8 Å². The number of nitrogen functional groups attached to an aromatic ring is 1. The van der Waals surface area contributed by atoms with Crippen molar-refractivity contribution >= 4 is 17.4 Å². The Morgan fingerprint density at radius 2 is 2.05 bits per heavy atom. The molecule has 0 atom stereocenters. The normalized spacial score (nSPS) is 19.0. The van der Waals surface area contributed by atoms with E-state index in [0.717, 1.165) is 10.2 Å². The first-order valence-corrected chi connectivity index (χ1v) is 7.46. The molecular weight excluding hydrogens is 260 g/mol. The van der Waals surface area contributed by atoms with Gasteiger partial charge in [0, 0.05) is 25.2 Å². The summed E-state index contributed by atoms with van der Waals surface area (Å²) in [7, 11) is 1.88. The van der Waals surface area contributed by atoms with Gasteiger partial charge in [0.15, 0.2) is 5.16 Å². The van der Waals surface area contributed by atoms with Gasteiger partial charge in [0.05, 0.1) is 5.69 Å². The van der Waals surface area contributed by atoms with Crippen LogP contribution in [0.15, 0.2) is 16.4 Å². The van der Waals surface area contributed by atoms with Crippen molar-refractivity contribution < 1.29 is 0 Å². The van der Waals surface area contributed by atoms with Gasteiger partial charge in [0.2, 0.25) is 0 Å². The molecule has 2 saturated carbocycles. The Hall–Kier alpha value is -1.50. The number of rotatable bonds is 4. The molecule has 2 aliphatic carbocycles. The topological polar surface area (TPSA) is 74.6 Å². The lowest BCUT2D eigenvalue weighted by atomic mass is 10.4. The molecular formula is C12H16N6S. The maximum absolute atomic E-state index is 5.95. The van der Waals surface area contributed by atoms with Gasteiger partial charge in [-0.3, -0.25) is 4.68 Å². The van der Waals surface area contributed by atoms with E-state index in [1.807, 2.05) is 13.2 Å². The van der Waals surface area contributed by atoms with Crippen LogP contribution in [-0.2, 0) is 7.05 Å². The number of hydrogen-bond donors (Lipinski definition) is 1. The molecule has 7 heteroatoms. The van der Waals surface area contributed by atoms with Crippen LogP contribution in [0.2, 0.25) is 0 Å². The Bertz CT molecular complexity index is 622. The maximum atomic E-state index is 5.95. The summed E-state index contributed by atoms with van der Waals surface area (Å²) >= 11 is 1.53. The third-order valence-corrected chi connectivity index (χ3v) is 4.53. The van der Waals surface area contributed by atoms with Crippen LogP contribution in [0.3, 0.4) is 0 Å². The Kier molecular flexibility index (Phi) is 2.38. The van der Waals surface area contributed by atoms with Gasteiger partial charge >= 0.3 is 0 Å². The lowest BCUT2D eigenvalue weighted by Crippen LogP contribution is -2.02. The number of hydrogen-bond acceptors (Lipinski definition) is 5. The van der Waals surface area contributed by atoms with Crippen molar-refractivity contribution in [3.05, 3.63) is 12.0 Å². The predicted octanol–water partition coefficient (Wildman–Crippen LogP) is 1.96. The van der Waals surface area contributed by atoms with Crippen molar-refractivity contribution in [3.8, 4) is 0 Å². The number of anilines is 1. The largest absolute Gasteiger partial charge is 0.395 e. The molecule has 100 valence electrons.